The predicted molar refractivity (Wildman–Crippen MR) is 113 cm³/mol. The van der Waals surface area contributed by atoms with E-state index in [-0.39, 0.29) is 19.1 Å². The maximum Gasteiger partial charge on any atom is 0.246 e. The molecule has 1 aliphatic rings. The van der Waals surface area contributed by atoms with E-state index in [1.54, 1.807) is 17.1 Å². The van der Waals surface area contributed by atoms with Crippen molar-refractivity contribution >= 4 is 23.6 Å². The van der Waals surface area contributed by atoms with Crippen LogP contribution in [0.15, 0.2) is 48.5 Å². The van der Waals surface area contributed by atoms with E-state index in [9.17, 15) is 9.90 Å². The van der Waals surface area contributed by atoms with E-state index in [1.165, 1.54) is 0 Å². The summed E-state index contributed by atoms with van der Waals surface area (Å²) >= 11 is 6.20. The third-order valence-electron chi connectivity index (χ3n) is 5.00. The zero-order valence-electron chi connectivity index (χ0n) is 16.3. The summed E-state index contributed by atoms with van der Waals surface area (Å²) in [6.07, 6.45) is 4.70. The summed E-state index contributed by atoms with van der Waals surface area (Å²) in [4.78, 5) is 14.2. The van der Waals surface area contributed by atoms with Gasteiger partial charge in [0.05, 0.1) is 6.54 Å². The average molecular weight is 400 g/mol. The van der Waals surface area contributed by atoms with Gasteiger partial charge in [0.2, 0.25) is 5.91 Å². The van der Waals surface area contributed by atoms with Crippen LogP contribution in [0.2, 0.25) is 5.02 Å². The minimum Gasteiger partial charge on any atom is -0.491 e. The Morgan fingerprint density at radius 2 is 1.93 bits per heavy atom. The van der Waals surface area contributed by atoms with Gasteiger partial charge in [0, 0.05) is 17.6 Å². The van der Waals surface area contributed by atoms with Gasteiger partial charge in [-0.25, -0.2) is 0 Å². The number of amides is 1. The number of carbonyl (C=O) groups is 1. The molecule has 1 unspecified atom stereocenters. The number of likely N-dealkylation sites (tertiary alicyclic amines) is 1. The van der Waals surface area contributed by atoms with Crippen molar-refractivity contribution in [1.82, 2.24) is 4.90 Å². The lowest BCUT2D eigenvalue weighted by atomic mass is 9.93. The van der Waals surface area contributed by atoms with Crippen LogP contribution in [0.1, 0.15) is 29.5 Å². The molecule has 1 fully saturated rings. The smallest absolute Gasteiger partial charge is 0.246 e. The quantitative estimate of drug-likeness (QED) is 0.758. The van der Waals surface area contributed by atoms with Crippen LogP contribution in [0, 0.1) is 13.8 Å². The molecule has 0 bridgehead atoms. The summed E-state index contributed by atoms with van der Waals surface area (Å²) in [6.45, 7) is 4.89. The Balaban J connectivity index is 1.61. The zero-order chi connectivity index (χ0) is 20.1. The third kappa shape index (κ3) is 5.15. The van der Waals surface area contributed by atoms with Crippen molar-refractivity contribution in [2.45, 2.75) is 32.3 Å². The second-order valence-electron chi connectivity index (χ2n) is 7.49. The number of benzene rings is 2. The van der Waals surface area contributed by atoms with Crippen LogP contribution in [-0.2, 0) is 4.79 Å². The zero-order valence-corrected chi connectivity index (χ0v) is 17.1. The van der Waals surface area contributed by atoms with Gasteiger partial charge in [-0.2, -0.15) is 0 Å². The Hall–Kier alpha value is -2.30. The summed E-state index contributed by atoms with van der Waals surface area (Å²) in [7, 11) is 0. The highest BCUT2D eigenvalue weighted by molar-refractivity contribution is 6.32. The monoisotopic (exact) mass is 399 g/mol. The fourth-order valence-corrected chi connectivity index (χ4v) is 3.57. The number of aryl methyl sites for hydroxylation is 2. The molecule has 3 rings (SSSR count). The van der Waals surface area contributed by atoms with E-state index in [4.69, 9.17) is 16.3 Å². The minimum atomic E-state index is -1.06. The van der Waals surface area contributed by atoms with Gasteiger partial charge >= 0.3 is 0 Å². The number of nitrogens with zero attached hydrogens (tertiary/aromatic N) is 1. The van der Waals surface area contributed by atoms with Crippen molar-refractivity contribution in [3.05, 3.63) is 70.3 Å². The number of aliphatic hydroxyl groups is 1. The predicted octanol–water partition coefficient (Wildman–Crippen LogP) is 4.40. The molecule has 0 aromatic heterocycles. The Morgan fingerprint density at radius 3 is 2.61 bits per heavy atom. The topological polar surface area (TPSA) is 49.8 Å². The van der Waals surface area contributed by atoms with Gasteiger partial charge in [-0.3, -0.25) is 4.79 Å². The largest absolute Gasteiger partial charge is 0.491 e. The van der Waals surface area contributed by atoms with Crippen LogP contribution < -0.4 is 4.74 Å². The standard InChI is InChI=1S/C23H26ClNO3/c1-17-13-20(14-18(2)22(17)24)28-16-23(27)11-6-12-25(15-23)21(26)10-9-19-7-4-3-5-8-19/h3-5,7-10,13-14,27H,6,11-12,15-16H2,1-2H3/b10-9+. The lowest BCUT2D eigenvalue weighted by molar-refractivity contribution is -0.134. The van der Waals surface area contributed by atoms with Gasteiger partial charge in [-0.15, -0.1) is 0 Å². The number of piperidine rings is 1. The first kappa shape index (κ1) is 20.4. The molecule has 0 radical (unpaired) electrons. The van der Waals surface area contributed by atoms with Crippen molar-refractivity contribution in [2.24, 2.45) is 0 Å². The van der Waals surface area contributed by atoms with E-state index in [2.05, 4.69) is 0 Å². The maximum atomic E-state index is 12.5. The molecule has 2 aromatic carbocycles. The van der Waals surface area contributed by atoms with E-state index < -0.39 is 5.60 Å². The normalized spacial score (nSPS) is 19.8. The van der Waals surface area contributed by atoms with Crippen molar-refractivity contribution in [3.63, 3.8) is 0 Å². The number of carbonyl (C=O) groups excluding carboxylic acids is 1. The highest BCUT2D eigenvalue weighted by Gasteiger charge is 2.35. The molecule has 0 aliphatic carbocycles. The molecular formula is C23H26ClNO3. The minimum absolute atomic E-state index is 0.0971. The first-order chi connectivity index (χ1) is 13.4. The molecule has 4 nitrogen and oxygen atoms in total. The number of ether oxygens (including phenoxy) is 1. The molecule has 1 N–H and O–H groups in total. The lowest BCUT2D eigenvalue weighted by Crippen LogP contribution is -2.53. The number of rotatable bonds is 5. The van der Waals surface area contributed by atoms with Crippen LogP contribution >= 0.6 is 11.6 Å². The summed E-state index contributed by atoms with van der Waals surface area (Å²) in [5, 5.41) is 11.7. The van der Waals surface area contributed by atoms with Gasteiger partial charge < -0.3 is 14.7 Å². The van der Waals surface area contributed by atoms with E-state index >= 15 is 0 Å². The summed E-state index contributed by atoms with van der Waals surface area (Å²) < 4.78 is 5.86. The summed E-state index contributed by atoms with van der Waals surface area (Å²) in [6, 6.07) is 13.4. The molecule has 1 heterocycles. The first-order valence-electron chi connectivity index (χ1n) is 9.50. The first-order valence-corrected chi connectivity index (χ1v) is 9.88. The van der Waals surface area contributed by atoms with Gasteiger partial charge in [-0.05, 0) is 61.6 Å². The van der Waals surface area contributed by atoms with Gasteiger partial charge in [0.1, 0.15) is 18.0 Å². The molecule has 5 heteroatoms. The summed E-state index contributed by atoms with van der Waals surface area (Å²) in [5.41, 5.74) is 1.79. The van der Waals surface area contributed by atoms with Gasteiger partial charge in [-0.1, -0.05) is 41.9 Å². The van der Waals surface area contributed by atoms with E-state index in [0.717, 1.165) is 28.1 Å². The van der Waals surface area contributed by atoms with Crippen molar-refractivity contribution in [1.29, 1.82) is 0 Å². The van der Waals surface area contributed by atoms with E-state index in [1.807, 2.05) is 56.3 Å². The fraction of sp³-hybridized carbons (Fsp3) is 0.348. The molecule has 2 aromatic rings. The second-order valence-corrected chi connectivity index (χ2v) is 7.87. The van der Waals surface area contributed by atoms with Crippen LogP contribution in [0.5, 0.6) is 5.75 Å². The van der Waals surface area contributed by atoms with Crippen LogP contribution in [-0.4, -0.2) is 41.2 Å². The Kier molecular flexibility index (Phi) is 6.42. The van der Waals surface area contributed by atoms with Crippen molar-refractivity contribution in [3.8, 4) is 5.75 Å². The highest BCUT2D eigenvalue weighted by atomic mass is 35.5. The van der Waals surface area contributed by atoms with Gasteiger partial charge in [0.15, 0.2) is 0 Å². The van der Waals surface area contributed by atoms with Crippen LogP contribution in [0.3, 0.4) is 0 Å². The summed E-state index contributed by atoms with van der Waals surface area (Å²) in [5.74, 6) is 0.584. The Bertz CT molecular complexity index is 842. The Labute approximate surface area is 171 Å². The fourth-order valence-electron chi connectivity index (χ4n) is 3.46. The molecule has 0 saturated carbocycles. The molecule has 28 heavy (non-hydrogen) atoms. The third-order valence-corrected chi connectivity index (χ3v) is 5.60. The molecular weight excluding hydrogens is 374 g/mol. The molecule has 1 amide bonds. The average Bonchev–Trinajstić information content (AvgIpc) is 2.69. The number of hydrogen-bond acceptors (Lipinski definition) is 3. The Morgan fingerprint density at radius 1 is 1.25 bits per heavy atom. The lowest BCUT2D eigenvalue weighted by Gasteiger charge is -2.38. The second kappa shape index (κ2) is 8.80. The molecule has 1 aliphatic heterocycles. The SMILES string of the molecule is Cc1cc(OCC2(O)CCCN(C(=O)/C=C/c3ccccc3)C2)cc(C)c1Cl. The van der Waals surface area contributed by atoms with Gasteiger partial charge in [0.25, 0.3) is 0 Å². The maximum absolute atomic E-state index is 12.5. The number of β-amino-alcohol motifs (C(OH)–C–C–N with tert-alkyl or cyclic N) is 1. The number of halogens is 1. The van der Waals surface area contributed by atoms with E-state index in [0.29, 0.717) is 18.7 Å². The number of hydrogen-bond donors (Lipinski definition) is 1. The molecule has 0 spiro atoms. The molecule has 148 valence electrons. The van der Waals surface area contributed by atoms with Crippen LogP contribution in [0.25, 0.3) is 6.08 Å². The van der Waals surface area contributed by atoms with Crippen molar-refractivity contribution in [2.75, 3.05) is 19.7 Å². The van der Waals surface area contributed by atoms with Crippen LogP contribution in [0.4, 0.5) is 0 Å². The molecule has 1 saturated heterocycles. The van der Waals surface area contributed by atoms with Crippen molar-refractivity contribution < 1.29 is 14.6 Å². The highest BCUT2D eigenvalue weighted by Crippen LogP contribution is 2.28. The molecule has 1 atom stereocenters.